The molecule has 2 aliphatic rings. The Balaban J connectivity index is 1.62. The highest BCUT2D eigenvalue weighted by atomic mass is 16.5. The Morgan fingerprint density at radius 2 is 1.81 bits per heavy atom. The molecule has 170 valence electrons. The molecule has 1 aromatic carbocycles. The van der Waals surface area contributed by atoms with Crippen molar-refractivity contribution in [1.29, 1.82) is 5.26 Å². The maximum Gasteiger partial charge on any atom is 0.407 e. The van der Waals surface area contributed by atoms with Gasteiger partial charge in [-0.25, -0.2) is 4.79 Å². The average molecular weight is 440 g/mol. The number of allylic oxidation sites excluding steroid dienone is 1. The monoisotopic (exact) mass is 439 g/mol. The van der Waals surface area contributed by atoms with Gasteiger partial charge in [-0.05, 0) is 31.9 Å². The molecule has 1 fully saturated rings. The molecule has 0 radical (unpaired) electrons. The Hall–Kier alpha value is -3.54. The van der Waals surface area contributed by atoms with Gasteiger partial charge in [0.1, 0.15) is 17.5 Å². The maximum absolute atomic E-state index is 12.9. The van der Waals surface area contributed by atoms with E-state index in [1.165, 1.54) is 0 Å². The molecule has 3 rings (SSSR count). The maximum atomic E-state index is 12.9. The van der Waals surface area contributed by atoms with Crippen molar-refractivity contribution in [1.82, 2.24) is 10.2 Å². The normalized spacial score (nSPS) is 17.5. The number of piperidine rings is 1. The quantitative estimate of drug-likeness (QED) is 0.536. The van der Waals surface area contributed by atoms with Crippen molar-refractivity contribution >= 4 is 29.2 Å². The van der Waals surface area contributed by atoms with E-state index in [0.29, 0.717) is 18.9 Å². The predicted molar refractivity (Wildman–Crippen MR) is 120 cm³/mol. The lowest BCUT2D eigenvalue weighted by Gasteiger charge is -2.33. The summed E-state index contributed by atoms with van der Waals surface area (Å²) in [6.45, 7) is 2.99. The van der Waals surface area contributed by atoms with Crippen LogP contribution in [0.3, 0.4) is 0 Å². The molecule has 2 aliphatic heterocycles. The second kappa shape index (κ2) is 10.2. The van der Waals surface area contributed by atoms with Crippen LogP contribution in [0.15, 0.2) is 35.7 Å². The van der Waals surface area contributed by atoms with Crippen LogP contribution in [-0.4, -0.2) is 62.5 Å². The third kappa shape index (κ3) is 4.85. The number of nitriles is 1. The number of nitrogens with one attached hydrogen (secondary N) is 1. The van der Waals surface area contributed by atoms with Gasteiger partial charge in [0.05, 0.1) is 18.0 Å². The first-order valence-corrected chi connectivity index (χ1v) is 10.8. The van der Waals surface area contributed by atoms with Crippen LogP contribution in [0.1, 0.15) is 32.6 Å². The number of likely N-dealkylation sites (tertiary alicyclic amines) is 1. The molecule has 1 saturated heterocycles. The number of hydrogen-bond acceptors (Lipinski definition) is 7. The van der Waals surface area contributed by atoms with Gasteiger partial charge in [0, 0.05) is 46.1 Å². The zero-order chi connectivity index (χ0) is 23.3. The van der Waals surface area contributed by atoms with Crippen LogP contribution in [0, 0.1) is 11.3 Å². The number of anilines is 2. The number of alkyl carbamates (subject to hydrolysis) is 1. The van der Waals surface area contributed by atoms with E-state index in [1.807, 2.05) is 54.2 Å². The van der Waals surface area contributed by atoms with Gasteiger partial charge in [-0.2, -0.15) is 5.26 Å². The molecule has 2 heterocycles. The molecule has 1 aromatic rings. The lowest BCUT2D eigenvalue weighted by molar-refractivity contribution is -0.134. The van der Waals surface area contributed by atoms with E-state index in [2.05, 4.69) is 5.32 Å². The van der Waals surface area contributed by atoms with Crippen LogP contribution in [0.5, 0.6) is 0 Å². The van der Waals surface area contributed by atoms with Crippen LogP contribution in [0.25, 0.3) is 0 Å². The summed E-state index contributed by atoms with van der Waals surface area (Å²) in [4.78, 5) is 42.6. The molecular weight excluding hydrogens is 410 g/mol. The van der Waals surface area contributed by atoms with Crippen LogP contribution >= 0.6 is 0 Å². The number of nitrogens with zero attached hydrogens (tertiary/aromatic N) is 4. The number of para-hydroxylation sites is 2. The van der Waals surface area contributed by atoms with E-state index in [-0.39, 0.29) is 42.8 Å². The van der Waals surface area contributed by atoms with E-state index >= 15 is 0 Å². The van der Waals surface area contributed by atoms with Crippen LogP contribution < -0.4 is 15.1 Å². The van der Waals surface area contributed by atoms with Gasteiger partial charge in [0.2, 0.25) is 5.91 Å². The van der Waals surface area contributed by atoms with E-state index in [1.54, 1.807) is 11.8 Å². The van der Waals surface area contributed by atoms with Gasteiger partial charge in [0.25, 0.3) is 0 Å². The van der Waals surface area contributed by atoms with Crippen molar-refractivity contribution < 1.29 is 19.1 Å². The largest absolute Gasteiger partial charge is 0.450 e. The Kier molecular flexibility index (Phi) is 7.36. The van der Waals surface area contributed by atoms with Crippen molar-refractivity contribution in [3.63, 3.8) is 0 Å². The molecule has 1 atom stereocenters. The van der Waals surface area contributed by atoms with Crippen molar-refractivity contribution in [3.05, 3.63) is 35.7 Å². The van der Waals surface area contributed by atoms with Gasteiger partial charge in [-0.1, -0.05) is 12.1 Å². The molecular formula is C23H29N5O4. The number of fused-ring (bicyclic) bond motifs is 1. The summed E-state index contributed by atoms with van der Waals surface area (Å²) in [7, 11) is 3.63. The molecule has 2 amide bonds. The van der Waals surface area contributed by atoms with Gasteiger partial charge >= 0.3 is 6.09 Å². The summed E-state index contributed by atoms with van der Waals surface area (Å²) in [6.07, 6.45) is 1.02. The van der Waals surface area contributed by atoms with E-state index in [9.17, 15) is 19.6 Å². The zero-order valence-electron chi connectivity index (χ0n) is 18.8. The van der Waals surface area contributed by atoms with Crippen LogP contribution in [0.2, 0.25) is 0 Å². The van der Waals surface area contributed by atoms with Gasteiger partial charge < -0.3 is 24.8 Å². The number of hydrogen-bond donors (Lipinski definition) is 1. The molecule has 9 nitrogen and oxygen atoms in total. The number of benzene rings is 1. The molecule has 32 heavy (non-hydrogen) atoms. The van der Waals surface area contributed by atoms with E-state index < -0.39 is 6.09 Å². The topological polar surface area (TPSA) is 106 Å². The molecule has 0 spiro atoms. The standard InChI is InChI=1S/C23H29N5O4/c1-4-32-23(31)25-16-8-7-13-28(15-16)21(30)12-11-20(29)17(14-24)22-26(2)18-9-5-6-10-19(18)27(22)3/h5-6,9-10,16H,4,7-8,11-13,15H2,1-3H3,(H,25,31). The summed E-state index contributed by atoms with van der Waals surface area (Å²) in [5, 5.41) is 12.5. The lowest BCUT2D eigenvalue weighted by atomic mass is 10.0. The third-order valence-electron chi connectivity index (χ3n) is 5.79. The predicted octanol–water partition coefficient (Wildman–Crippen LogP) is 2.39. The summed E-state index contributed by atoms with van der Waals surface area (Å²) in [6, 6.07) is 9.54. The minimum absolute atomic E-state index is 0.0177. The number of carbonyl (C=O) groups is 3. The lowest BCUT2D eigenvalue weighted by Crippen LogP contribution is -2.49. The Morgan fingerprint density at radius 3 is 2.41 bits per heavy atom. The van der Waals surface area contributed by atoms with Gasteiger partial charge in [0.15, 0.2) is 5.78 Å². The smallest absolute Gasteiger partial charge is 0.407 e. The molecule has 0 bridgehead atoms. The summed E-state index contributed by atoms with van der Waals surface area (Å²) < 4.78 is 4.91. The zero-order valence-corrected chi connectivity index (χ0v) is 18.8. The van der Waals surface area contributed by atoms with Gasteiger partial charge in [-0.3, -0.25) is 9.59 Å². The second-order valence-corrected chi connectivity index (χ2v) is 7.88. The molecule has 1 unspecified atom stereocenters. The highest BCUT2D eigenvalue weighted by Crippen LogP contribution is 2.40. The number of rotatable bonds is 6. The SMILES string of the molecule is CCOC(=O)NC1CCCN(C(=O)CCC(=O)C(C#N)=C2N(C)c3ccccc3N2C)C1. The van der Waals surface area contributed by atoms with Crippen molar-refractivity contribution in [2.75, 3.05) is 43.6 Å². The van der Waals surface area contributed by atoms with Gasteiger partial charge in [-0.15, -0.1) is 0 Å². The van der Waals surface area contributed by atoms with Crippen LogP contribution in [-0.2, 0) is 14.3 Å². The van der Waals surface area contributed by atoms with Crippen molar-refractivity contribution in [2.24, 2.45) is 0 Å². The minimum atomic E-state index is -0.488. The number of Topliss-reactive ketones (excluding diaryl/α,β-unsaturated/α-hetero) is 1. The fraction of sp³-hybridized carbons (Fsp3) is 0.478. The summed E-state index contributed by atoms with van der Waals surface area (Å²) >= 11 is 0. The number of ether oxygens (including phenoxy) is 1. The molecule has 9 heteroatoms. The molecule has 0 saturated carbocycles. The van der Waals surface area contributed by atoms with Crippen molar-refractivity contribution in [3.8, 4) is 6.07 Å². The third-order valence-corrected chi connectivity index (χ3v) is 5.79. The number of amides is 2. The number of ketones is 1. The second-order valence-electron chi connectivity index (χ2n) is 7.88. The Labute approximate surface area is 188 Å². The fourth-order valence-corrected chi connectivity index (χ4v) is 4.22. The fourth-order valence-electron chi connectivity index (χ4n) is 4.22. The average Bonchev–Trinajstić information content (AvgIpc) is 3.04. The van der Waals surface area contributed by atoms with Crippen molar-refractivity contribution in [2.45, 2.75) is 38.6 Å². The Bertz CT molecular complexity index is 936. The first kappa shape index (κ1) is 23.1. The van der Waals surface area contributed by atoms with E-state index in [0.717, 1.165) is 24.2 Å². The first-order valence-electron chi connectivity index (χ1n) is 10.8. The highest BCUT2D eigenvalue weighted by Gasteiger charge is 2.32. The van der Waals surface area contributed by atoms with Crippen LogP contribution in [0.4, 0.5) is 16.2 Å². The summed E-state index contributed by atoms with van der Waals surface area (Å²) in [5.41, 5.74) is 1.87. The highest BCUT2D eigenvalue weighted by molar-refractivity contribution is 6.03. The Morgan fingerprint density at radius 1 is 1.16 bits per heavy atom. The molecule has 1 N–H and O–H groups in total. The molecule has 0 aliphatic carbocycles. The first-order chi connectivity index (χ1) is 15.4. The number of carbonyl (C=O) groups excluding carboxylic acids is 3. The summed E-state index contributed by atoms with van der Waals surface area (Å²) in [5.74, 6) is -0.00389. The minimum Gasteiger partial charge on any atom is -0.450 e. The molecule has 0 aromatic heterocycles. The van der Waals surface area contributed by atoms with E-state index in [4.69, 9.17) is 4.74 Å².